The van der Waals surface area contributed by atoms with Gasteiger partial charge in [0.2, 0.25) is 10.0 Å². The average Bonchev–Trinajstić information content (AvgIpc) is 2.77. The van der Waals surface area contributed by atoms with Gasteiger partial charge in [-0.25, -0.2) is 16.8 Å². The van der Waals surface area contributed by atoms with Crippen molar-refractivity contribution >= 4 is 19.9 Å². The van der Waals surface area contributed by atoms with Gasteiger partial charge in [-0.2, -0.15) is 9.40 Å². The standard InChI is InChI=1S/C10H17N3O5S2/c1-9-8-19(15,16)5-3-13(9)20(17,18)10-6-11-12(7-10)2-4-14/h6-7,9,14H,2-5,8H2,1H3. The van der Waals surface area contributed by atoms with E-state index in [-0.39, 0.29) is 36.1 Å². The molecule has 8 nitrogen and oxygen atoms in total. The quantitative estimate of drug-likeness (QED) is 0.736. The second kappa shape index (κ2) is 5.43. The van der Waals surface area contributed by atoms with Crippen molar-refractivity contribution in [3.8, 4) is 0 Å². The van der Waals surface area contributed by atoms with Gasteiger partial charge < -0.3 is 5.11 Å². The Hall–Kier alpha value is -0.970. The van der Waals surface area contributed by atoms with Crippen molar-refractivity contribution < 1.29 is 21.9 Å². The highest BCUT2D eigenvalue weighted by atomic mass is 32.2. The lowest BCUT2D eigenvalue weighted by molar-refractivity contribution is 0.269. The van der Waals surface area contributed by atoms with Crippen LogP contribution in [0.25, 0.3) is 0 Å². The first-order valence-electron chi connectivity index (χ1n) is 6.12. The Labute approximate surface area is 118 Å². The highest BCUT2D eigenvalue weighted by Gasteiger charge is 2.37. The van der Waals surface area contributed by atoms with Crippen molar-refractivity contribution in [2.24, 2.45) is 0 Å². The van der Waals surface area contributed by atoms with Crippen molar-refractivity contribution in [2.45, 2.75) is 24.4 Å². The minimum Gasteiger partial charge on any atom is -0.394 e. The molecule has 1 aliphatic rings. The second-order valence-electron chi connectivity index (χ2n) is 4.74. The molecule has 1 atom stereocenters. The first-order chi connectivity index (χ1) is 9.26. The van der Waals surface area contributed by atoms with Crippen LogP contribution >= 0.6 is 0 Å². The van der Waals surface area contributed by atoms with Gasteiger partial charge in [0.05, 0.1) is 30.9 Å². The van der Waals surface area contributed by atoms with Crippen LogP contribution in [0.4, 0.5) is 0 Å². The Morgan fingerprint density at radius 3 is 2.80 bits per heavy atom. The number of aliphatic hydroxyl groups excluding tert-OH is 1. The number of aliphatic hydroxyl groups is 1. The van der Waals surface area contributed by atoms with Gasteiger partial charge in [-0.3, -0.25) is 4.68 Å². The molecule has 10 heteroatoms. The summed E-state index contributed by atoms with van der Waals surface area (Å²) in [7, 11) is -6.93. The summed E-state index contributed by atoms with van der Waals surface area (Å²) in [6, 6.07) is -0.597. The van der Waals surface area contributed by atoms with Crippen LogP contribution in [-0.2, 0) is 26.4 Å². The molecular weight excluding hydrogens is 306 g/mol. The minimum atomic E-state index is -3.75. The van der Waals surface area contributed by atoms with Crippen LogP contribution in [0.1, 0.15) is 6.92 Å². The zero-order valence-corrected chi connectivity index (χ0v) is 12.6. The molecular formula is C10H17N3O5S2. The smallest absolute Gasteiger partial charge is 0.246 e. The van der Waals surface area contributed by atoms with E-state index in [0.717, 1.165) is 0 Å². The molecule has 1 aromatic heterocycles. The van der Waals surface area contributed by atoms with Gasteiger partial charge in [0.15, 0.2) is 9.84 Å². The molecule has 2 rings (SSSR count). The van der Waals surface area contributed by atoms with Crippen LogP contribution in [0.15, 0.2) is 17.3 Å². The van der Waals surface area contributed by atoms with E-state index in [1.165, 1.54) is 21.4 Å². The van der Waals surface area contributed by atoms with Gasteiger partial charge in [0.1, 0.15) is 4.90 Å². The molecule has 1 aliphatic heterocycles. The number of hydrogen-bond donors (Lipinski definition) is 1. The monoisotopic (exact) mass is 323 g/mol. The van der Waals surface area contributed by atoms with Crippen LogP contribution in [0.3, 0.4) is 0 Å². The molecule has 1 unspecified atom stereocenters. The topological polar surface area (TPSA) is 110 Å². The predicted molar refractivity (Wildman–Crippen MR) is 71.3 cm³/mol. The van der Waals surface area contributed by atoms with Gasteiger partial charge >= 0.3 is 0 Å². The number of aromatic nitrogens is 2. The molecule has 0 aliphatic carbocycles. The van der Waals surface area contributed by atoms with Crippen molar-refractivity contribution in [1.29, 1.82) is 0 Å². The molecule has 0 spiro atoms. The summed E-state index contributed by atoms with van der Waals surface area (Å²) >= 11 is 0. The SMILES string of the molecule is CC1CS(=O)(=O)CCN1S(=O)(=O)c1cnn(CCO)c1. The lowest BCUT2D eigenvalue weighted by Gasteiger charge is -2.31. The second-order valence-corrected chi connectivity index (χ2v) is 8.86. The van der Waals surface area contributed by atoms with E-state index in [0.29, 0.717) is 0 Å². The van der Waals surface area contributed by atoms with Gasteiger partial charge in [0, 0.05) is 18.8 Å². The van der Waals surface area contributed by atoms with E-state index >= 15 is 0 Å². The molecule has 20 heavy (non-hydrogen) atoms. The Morgan fingerprint density at radius 2 is 2.20 bits per heavy atom. The third kappa shape index (κ3) is 3.03. The van der Waals surface area contributed by atoms with E-state index in [1.54, 1.807) is 6.92 Å². The molecule has 1 aromatic rings. The van der Waals surface area contributed by atoms with E-state index in [2.05, 4.69) is 5.10 Å². The minimum absolute atomic E-state index is 0.0112. The fraction of sp³-hybridized carbons (Fsp3) is 0.700. The first kappa shape index (κ1) is 15.4. The number of rotatable bonds is 4. The van der Waals surface area contributed by atoms with Crippen LogP contribution < -0.4 is 0 Å². The van der Waals surface area contributed by atoms with Crippen molar-refractivity contribution in [2.75, 3.05) is 24.7 Å². The third-order valence-corrected chi connectivity index (χ3v) is 6.92. The molecule has 0 bridgehead atoms. The summed E-state index contributed by atoms with van der Waals surface area (Å²) in [5.74, 6) is -0.335. The van der Waals surface area contributed by atoms with Crippen molar-refractivity contribution in [3.05, 3.63) is 12.4 Å². The van der Waals surface area contributed by atoms with Gasteiger partial charge in [-0.15, -0.1) is 0 Å². The fourth-order valence-electron chi connectivity index (χ4n) is 2.18. The number of hydrogen-bond acceptors (Lipinski definition) is 6. The first-order valence-corrected chi connectivity index (χ1v) is 9.38. The molecule has 0 radical (unpaired) electrons. The van der Waals surface area contributed by atoms with Crippen molar-refractivity contribution in [1.82, 2.24) is 14.1 Å². The number of nitrogens with zero attached hydrogens (tertiary/aromatic N) is 3. The summed E-state index contributed by atoms with van der Waals surface area (Å²) in [6.45, 7) is 1.60. The Kier molecular flexibility index (Phi) is 4.19. The van der Waals surface area contributed by atoms with E-state index in [1.807, 2.05) is 0 Å². The highest BCUT2D eigenvalue weighted by molar-refractivity contribution is 7.92. The number of sulfonamides is 1. The Morgan fingerprint density at radius 1 is 1.50 bits per heavy atom. The van der Waals surface area contributed by atoms with E-state index in [9.17, 15) is 16.8 Å². The predicted octanol–water partition coefficient (Wildman–Crippen LogP) is -1.32. The van der Waals surface area contributed by atoms with Crippen LogP contribution in [0.2, 0.25) is 0 Å². The Balaban J connectivity index is 2.26. The van der Waals surface area contributed by atoms with Gasteiger partial charge in [-0.05, 0) is 6.92 Å². The Bertz CT molecular complexity index is 680. The molecule has 1 saturated heterocycles. The zero-order valence-electron chi connectivity index (χ0n) is 11.0. The normalized spacial score (nSPS) is 23.8. The van der Waals surface area contributed by atoms with E-state index < -0.39 is 25.9 Å². The van der Waals surface area contributed by atoms with Crippen LogP contribution in [0.5, 0.6) is 0 Å². The summed E-state index contributed by atoms with van der Waals surface area (Å²) in [5, 5.41) is 12.6. The molecule has 0 saturated carbocycles. The lowest BCUT2D eigenvalue weighted by atomic mass is 10.4. The maximum atomic E-state index is 12.4. The summed E-state index contributed by atoms with van der Waals surface area (Å²) < 4.78 is 50.4. The van der Waals surface area contributed by atoms with Crippen LogP contribution in [0, 0.1) is 0 Å². The summed E-state index contributed by atoms with van der Waals surface area (Å²) in [6.07, 6.45) is 2.54. The van der Waals surface area contributed by atoms with Gasteiger partial charge in [0.25, 0.3) is 0 Å². The zero-order chi connectivity index (χ0) is 15.0. The van der Waals surface area contributed by atoms with Crippen molar-refractivity contribution in [3.63, 3.8) is 0 Å². The van der Waals surface area contributed by atoms with E-state index in [4.69, 9.17) is 5.11 Å². The average molecular weight is 323 g/mol. The highest BCUT2D eigenvalue weighted by Crippen LogP contribution is 2.21. The molecule has 1 N–H and O–H groups in total. The third-order valence-electron chi connectivity index (χ3n) is 3.15. The molecule has 1 fully saturated rings. The van der Waals surface area contributed by atoms with Gasteiger partial charge in [-0.1, -0.05) is 0 Å². The maximum absolute atomic E-state index is 12.4. The largest absolute Gasteiger partial charge is 0.394 e. The molecule has 2 heterocycles. The fourth-order valence-corrected chi connectivity index (χ4v) is 5.53. The number of sulfone groups is 1. The lowest BCUT2D eigenvalue weighted by Crippen LogP contribution is -2.49. The van der Waals surface area contributed by atoms with Crippen LogP contribution in [-0.4, -0.2) is 66.7 Å². The maximum Gasteiger partial charge on any atom is 0.246 e. The summed E-state index contributed by atoms with van der Waals surface area (Å²) in [5.41, 5.74) is 0. The molecule has 0 amide bonds. The molecule has 114 valence electrons. The summed E-state index contributed by atoms with van der Waals surface area (Å²) in [4.78, 5) is 0.0112. The molecule has 0 aromatic carbocycles.